The Morgan fingerprint density at radius 2 is 1.52 bits per heavy atom. The molecule has 0 aliphatic heterocycles. The molecule has 0 bridgehead atoms. The van der Waals surface area contributed by atoms with Gasteiger partial charge in [0.1, 0.15) is 11.6 Å². The van der Waals surface area contributed by atoms with E-state index in [2.05, 4.69) is 11.9 Å². The molecule has 4 rings (SSSR count). The van der Waals surface area contributed by atoms with Crippen LogP contribution in [0.25, 0.3) is 33.3 Å². The van der Waals surface area contributed by atoms with Gasteiger partial charge in [-0.05, 0) is 54.4 Å². The molecule has 210 valence electrons. The second-order valence-corrected chi connectivity index (χ2v) is 9.78. The average molecular weight is 554 g/mol. The number of pyridine rings is 1. The lowest BCUT2D eigenvalue weighted by Crippen LogP contribution is -2.06. The zero-order valence-corrected chi connectivity index (χ0v) is 22.2. The molecule has 3 aromatic carbocycles. The van der Waals surface area contributed by atoms with Crippen LogP contribution in [0.3, 0.4) is 0 Å². The fourth-order valence-electron chi connectivity index (χ4n) is 4.62. The van der Waals surface area contributed by atoms with Crippen molar-refractivity contribution in [3.05, 3.63) is 83.7 Å². The number of fused-ring (bicyclic) bond motifs is 1. The number of hydrogen-bond acceptors (Lipinski definition) is 3. The summed E-state index contributed by atoms with van der Waals surface area (Å²) in [7, 11) is 0. The van der Waals surface area contributed by atoms with Gasteiger partial charge in [-0.3, -0.25) is 0 Å². The maximum Gasteiger partial charge on any atom is 0.416 e. The van der Waals surface area contributed by atoms with E-state index in [9.17, 15) is 23.1 Å². The topological polar surface area (TPSA) is 59.4 Å². The third-order valence-corrected chi connectivity index (χ3v) is 6.81. The maximum atomic E-state index is 15.2. The molecular weight excluding hydrogens is 522 g/mol. The fourth-order valence-corrected chi connectivity index (χ4v) is 4.62. The van der Waals surface area contributed by atoms with Crippen molar-refractivity contribution >= 4 is 16.9 Å². The van der Waals surface area contributed by atoms with Crippen molar-refractivity contribution in [2.45, 2.75) is 58.0 Å². The summed E-state index contributed by atoms with van der Waals surface area (Å²) in [6.45, 7) is 2.83. The van der Waals surface area contributed by atoms with E-state index < -0.39 is 23.5 Å². The number of hydrogen-bond donors (Lipinski definition) is 1. The number of nitrogens with zero attached hydrogens (tertiary/aromatic N) is 1. The molecule has 0 spiro atoms. The highest BCUT2D eigenvalue weighted by atomic mass is 19.4. The second-order valence-electron chi connectivity index (χ2n) is 9.78. The molecule has 0 saturated carbocycles. The first kappa shape index (κ1) is 29.1. The van der Waals surface area contributed by atoms with Gasteiger partial charge < -0.3 is 9.84 Å². The van der Waals surface area contributed by atoms with E-state index in [1.54, 1.807) is 36.4 Å². The number of carboxylic acid groups (broad SMARTS) is 1. The lowest BCUT2D eigenvalue weighted by Gasteiger charge is -2.12. The Morgan fingerprint density at radius 3 is 2.17 bits per heavy atom. The zero-order chi connectivity index (χ0) is 28.7. The van der Waals surface area contributed by atoms with Crippen molar-refractivity contribution < 1.29 is 32.2 Å². The second kappa shape index (κ2) is 12.9. The van der Waals surface area contributed by atoms with Crippen molar-refractivity contribution in [1.29, 1.82) is 0 Å². The number of rotatable bonds is 12. The number of aromatic carboxylic acids is 1. The monoisotopic (exact) mass is 553 g/mol. The third-order valence-electron chi connectivity index (χ3n) is 6.81. The summed E-state index contributed by atoms with van der Waals surface area (Å²) in [5.74, 6) is -1.23. The molecule has 0 unspecified atom stereocenters. The average Bonchev–Trinajstić information content (AvgIpc) is 2.93. The first-order chi connectivity index (χ1) is 19.2. The standard InChI is InChI=1S/C32H31F4NO3/c1-2-3-4-5-6-7-8-17-40-24-13-9-21(10-14-24)25-15-11-22(18-28(25)33)30-20-27(31(38)39)26-19-23(32(34,35)36)12-16-29(26)37-30/h9-16,18-20H,2-8,17H2,1H3,(H,38,39). The normalized spacial score (nSPS) is 11.6. The molecule has 8 heteroatoms. The molecule has 1 N–H and O–H groups in total. The van der Waals surface area contributed by atoms with Gasteiger partial charge in [0.2, 0.25) is 0 Å². The summed E-state index contributed by atoms with van der Waals surface area (Å²) in [5, 5.41) is 9.50. The minimum absolute atomic E-state index is 0.0690. The molecule has 0 radical (unpaired) electrons. The van der Waals surface area contributed by atoms with Crippen LogP contribution in [0.1, 0.15) is 67.8 Å². The maximum absolute atomic E-state index is 15.2. The van der Waals surface area contributed by atoms with Crippen LogP contribution >= 0.6 is 0 Å². The number of carboxylic acids is 1. The number of halogens is 4. The van der Waals surface area contributed by atoms with Crippen LogP contribution in [0.5, 0.6) is 5.75 Å². The lowest BCUT2D eigenvalue weighted by molar-refractivity contribution is -0.137. The fraction of sp³-hybridized carbons (Fsp3) is 0.312. The van der Waals surface area contributed by atoms with Crippen LogP contribution in [0.2, 0.25) is 0 Å². The highest BCUT2D eigenvalue weighted by Crippen LogP contribution is 2.34. The molecule has 0 aliphatic rings. The Kier molecular flexibility index (Phi) is 9.40. The molecule has 0 fully saturated rings. The Labute approximate surface area is 230 Å². The van der Waals surface area contributed by atoms with E-state index in [-0.39, 0.29) is 22.2 Å². The van der Waals surface area contributed by atoms with Crippen molar-refractivity contribution in [1.82, 2.24) is 4.98 Å². The first-order valence-electron chi connectivity index (χ1n) is 13.5. The summed E-state index contributed by atoms with van der Waals surface area (Å²) in [5.41, 5.74) is 0.189. The Bertz CT molecular complexity index is 1470. The number of alkyl halides is 3. The molecular formula is C32H31F4NO3. The SMILES string of the molecule is CCCCCCCCCOc1ccc(-c2ccc(-c3cc(C(=O)O)c4cc(C(F)(F)F)ccc4n3)cc2F)cc1. The van der Waals surface area contributed by atoms with E-state index in [0.717, 1.165) is 37.1 Å². The quantitative estimate of drug-likeness (QED) is 0.140. The summed E-state index contributed by atoms with van der Waals surface area (Å²) in [6.07, 6.45) is 3.77. The molecule has 0 atom stereocenters. The molecule has 1 heterocycles. The summed E-state index contributed by atoms with van der Waals surface area (Å²) < 4.78 is 60.4. The summed E-state index contributed by atoms with van der Waals surface area (Å²) in [6, 6.07) is 15.4. The molecule has 40 heavy (non-hydrogen) atoms. The van der Waals surface area contributed by atoms with Gasteiger partial charge in [-0.2, -0.15) is 13.2 Å². The van der Waals surface area contributed by atoms with Crippen LogP contribution in [0.15, 0.2) is 66.7 Å². The minimum Gasteiger partial charge on any atom is -0.494 e. The van der Waals surface area contributed by atoms with Gasteiger partial charge in [0.15, 0.2) is 0 Å². The molecule has 4 aromatic rings. The molecule has 0 amide bonds. The van der Waals surface area contributed by atoms with Crippen molar-refractivity contribution in [2.75, 3.05) is 6.61 Å². The smallest absolute Gasteiger partial charge is 0.416 e. The lowest BCUT2D eigenvalue weighted by atomic mass is 9.99. The predicted molar refractivity (Wildman–Crippen MR) is 148 cm³/mol. The van der Waals surface area contributed by atoms with Crippen LogP contribution < -0.4 is 4.74 Å². The largest absolute Gasteiger partial charge is 0.494 e. The van der Waals surface area contributed by atoms with Gasteiger partial charge in [-0.25, -0.2) is 14.2 Å². The first-order valence-corrected chi connectivity index (χ1v) is 13.5. The van der Waals surface area contributed by atoms with Crippen LogP contribution in [-0.4, -0.2) is 22.7 Å². The van der Waals surface area contributed by atoms with Gasteiger partial charge >= 0.3 is 12.1 Å². The molecule has 1 aromatic heterocycles. The van der Waals surface area contributed by atoms with E-state index in [1.165, 1.54) is 38.2 Å². The van der Waals surface area contributed by atoms with Crippen LogP contribution in [0.4, 0.5) is 17.6 Å². The van der Waals surface area contributed by atoms with Gasteiger partial charge in [0.05, 0.1) is 28.9 Å². The van der Waals surface area contributed by atoms with Gasteiger partial charge in [0.25, 0.3) is 0 Å². The van der Waals surface area contributed by atoms with Gasteiger partial charge in [-0.15, -0.1) is 0 Å². The number of ether oxygens (including phenoxy) is 1. The van der Waals surface area contributed by atoms with E-state index >= 15 is 4.39 Å². The molecule has 4 nitrogen and oxygen atoms in total. The molecule has 0 saturated heterocycles. The van der Waals surface area contributed by atoms with Crippen molar-refractivity contribution in [2.24, 2.45) is 0 Å². The number of aromatic nitrogens is 1. The highest BCUT2D eigenvalue weighted by Gasteiger charge is 2.31. The van der Waals surface area contributed by atoms with E-state index in [4.69, 9.17) is 4.74 Å². The van der Waals surface area contributed by atoms with Crippen molar-refractivity contribution in [3.63, 3.8) is 0 Å². The number of unbranched alkanes of at least 4 members (excludes halogenated alkanes) is 6. The summed E-state index contributed by atoms with van der Waals surface area (Å²) >= 11 is 0. The van der Waals surface area contributed by atoms with Gasteiger partial charge in [0, 0.05) is 16.5 Å². The third kappa shape index (κ3) is 7.17. The minimum atomic E-state index is -4.63. The summed E-state index contributed by atoms with van der Waals surface area (Å²) in [4.78, 5) is 16.2. The Hall–Kier alpha value is -3.94. The predicted octanol–water partition coefficient (Wildman–Crippen LogP) is 9.55. The van der Waals surface area contributed by atoms with Crippen molar-refractivity contribution in [3.8, 4) is 28.1 Å². The molecule has 0 aliphatic carbocycles. The Morgan fingerprint density at radius 1 is 0.850 bits per heavy atom. The van der Waals surface area contributed by atoms with E-state index in [0.29, 0.717) is 29.0 Å². The number of carbonyl (C=O) groups is 1. The van der Waals surface area contributed by atoms with Crippen LogP contribution in [0, 0.1) is 5.82 Å². The van der Waals surface area contributed by atoms with Gasteiger partial charge in [-0.1, -0.05) is 69.7 Å². The van der Waals surface area contributed by atoms with Crippen LogP contribution in [-0.2, 0) is 6.18 Å². The highest BCUT2D eigenvalue weighted by molar-refractivity contribution is 6.04. The zero-order valence-electron chi connectivity index (χ0n) is 22.2. The Balaban J connectivity index is 1.47. The van der Waals surface area contributed by atoms with E-state index in [1.807, 2.05) is 0 Å². The number of benzene rings is 3.